The van der Waals surface area contributed by atoms with Crippen LogP contribution in [0, 0.1) is 0 Å². The summed E-state index contributed by atoms with van der Waals surface area (Å²) in [5, 5.41) is 2.58. The van der Waals surface area contributed by atoms with E-state index in [1.165, 1.54) is 19.1 Å². The Morgan fingerprint density at radius 3 is 2.38 bits per heavy atom. The summed E-state index contributed by atoms with van der Waals surface area (Å²) >= 11 is 5.32. The van der Waals surface area contributed by atoms with Crippen molar-refractivity contribution in [1.29, 1.82) is 0 Å². The Hall–Kier alpha value is -4.11. The van der Waals surface area contributed by atoms with Crippen molar-refractivity contribution in [3.8, 4) is 17.2 Å². The van der Waals surface area contributed by atoms with Crippen LogP contribution >= 0.6 is 12.2 Å². The van der Waals surface area contributed by atoms with E-state index in [1.807, 2.05) is 66.2 Å². The minimum Gasteiger partial charge on any atom is -0.497 e. The van der Waals surface area contributed by atoms with Crippen molar-refractivity contribution in [3.05, 3.63) is 72.1 Å². The molecule has 1 aromatic heterocycles. The molecule has 2 heterocycles. The van der Waals surface area contributed by atoms with E-state index in [9.17, 15) is 9.59 Å². The second-order valence-electron chi connectivity index (χ2n) is 7.71. The number of nitrogens with one attached hydrogen (secondary N) is 1. The largest absolute Gasteiger partial charge is 0.497 e. The van der Waals surface area contributed by atoms with Gasteiger partial charge >= 0.3 is 0 Å². The van der Waals surface area contributed by atoms with Crippen LogP contribution in [0.15, 0.2) is 66.4 Å². The molecule has 34 heavy (non-hydrogen) atoms. The molecule has 0 aliphatic carbocycles. The van der Waals surface area contributed by atoms with E-state index in [2.05, 4.69) is 5.32 Å². The number of benzene rings is 2. The van der Waals surface area contributed by atoms with Crippen molar-refractivity contribution in [1.82, 2.24) is 9.88 Å². The highest BCUT2D eigenvalue weighted by atomic mass is 32.1. The Bertz CT molecular complexity index is 1290. The van der Waals surface area contributed by atoms with Crippen LogP contribution in [0.5, 0.6) is 11.5 Å². The predicted octanol–water partition coefficient (Wildman–Crippen LogP) is 3.39. The molecule has 0 spiro atoms. The summed E-state index contributed by atoms with van der Waals surface area (Å²) in [5.41, 5.74) is 2.99. The van der Waals surface area contributed by atoms with Gasteiger partial charge in [0.25, 0.3) is 11.8 Å². The molecule has 0 unspecified atom stereocenters. The van der Waals surface area contributed by atoms with Crippen LogP contribution < -0.4 is 24.6 Å². The normalized spacial score (nSPS) is 14.9. The molecule has 174 valence electrons. The summed E-state index contributed by atoms with van der Waals surface area (Å²) < 4.78 is 12.6. The number of nitrogens with zero attached hydrogens (tertiary/aromatic N) is 3. The monoisotopic (exact) mass is 476 g/mol. The third kappa shape index (κ3) is 4.25. The maximum absolute atomic E-state index is 13.5. The second-order valence-corrected chi connectivity index (χ2v) is 8.10. The average molecular weight is 477 g/mol. The average Bonchev–Trinajstić information content (AvgIpc) is 3.30. The number of rotatable bonds is 6. The molecular formula is C25H24N4O4S. The van der Waals surface area contributed by atoms with E-state index in [0.717, 1.165) is 11.4 Å². The maximum atomic E-state index is 13.5. The van der Waals surface area contributed by atoms with E-state index < -0.39 is 11.8 Å². The molecule has 1 saturated heterocycles. The van der Waals surface area contributed by atoms with Crippen LogP contribution in [0.2, 0.25) is 0 Å². The van der Waals surface area contributed by atoms with Crippen molar-refractivity contribution < 1.29 is 19.1 Å². The van der Waals surface area contributed by atoms with Crippen LogP contribution in [0.4, 0.5) is 11.4 Å². The number of ether oxygens (including phenoxy) is 2. The first-order chi connectivity index (χ1) is 16.3. The third-order valence-electron chi connectivity index (χ3n) is 5.45. The SMILES string of the molecule is COc1ccc(N2C(=O)/C(=C/c3cccn3-c3ccc(N(C)C)cc3)C(=O)NC2=S)c(OC)c1. The highest BCUT2D eigenvalue weighted by Crippen LogP contribution is 2.34. The highest BCUT2D eigenvalue weighted by Gasteiger charge is 2.36. The predicted molar refractivity (Wildman–Crippen MR) is 136 cm³/mol. The van der Waals surface area contributed by atoms with Gasteiger partial charge in [0.15, 0.2) is 5.11 Å². The van der Waals surface area contributed by atoms with Crippen molar-refractivity contribution in [2.75, 3.05) is 38.1 Å². The number of carbonyl (C=O) groups excluding carboxylic acids is 2. The summed E-state index contributed by atoms with van der Waals surface area (Å²) in [4.78, 5) is 29.5. The molecule has 0 radical (unpaired) electrons. The van der Waals surface area contributed by atoms with Crippen LogP contribution in [-0.2, 0) is 9.59 Å². The Balaban J connectivity index is 1.73. The number of thiocarbonyl (C=S) groups is 1. The minimum atomic E-state index is -0.561. The number of anilines is 2. The summed E-state index contributed by atoms with van der Waals surface area (Å²) in [7, 11) is 6.97. The van der Waals surface area contributed by atoms with Crippen molar-refractivity contribution in [2.45, 2.75) is 0 Å². The molecule has 4 rings (SSSR count). The molecule has 1 N–H and O–H groups in total. The van der Waals surface area contributed by atoms with Crippen LogP contribution in [0.1, 0.15) is 5.69 Å². The molecule has 0 atom stereocenters. The summed E-state index contributed by atoms with van der Waals surface area (Å²) in [5.74, 6) is -0.161. The van der Waals surface area contributed by atoms with Crippen molar-refractivity contribution >= 4 is 46.6 Å². The first kappa shape index (κ1) is 23.1. The van der Waals surface area contributed by atoms with Gasteiger partial charge in [-0.3, -0.25) is 14.9 Å². The van der Waals surface area contributed by atoms with E-state index in [4.69, 9.17) is 21.7 Å². The van der Waals surface area contributed by atoms with Gasteiger partial charge in [-0.25, -0.2) is 4.90 Å². The zero-order valence-corrected chi connectivity index (χ0v) is 20.1. The molecule has 8 nitrogen and oxygen atoms in total. The molecule has 0 saturated carbocycles. The smallest absolute Gasteiger partial charge is 0.270 e. The fourth-order valence-electron chi connectivity index (χ4n) is 3.65. The van der Waals surface area contributed by atoms with Gasteiger partial charge in [-0.2, -0.15) is 0 Å². The molecule has 3 aromatic rings. The maximum Gasteiger partial charge on any atom is 0.270 e. The highest BCUT2D eigenvalue weighted by molar-refractivity contribution is 7.80. The molecule has 1 aliphatic heterocycles. The van der Waals surface area contributed by atoms with Gasteiger partial charge in [0.05, 0.1) is 19.9 Å². The van der Waals surface area contributed by atoms with E-state index in [-0.39, 0.29) is 10.7 Å². The summed E-state index contributed by atoms with van der Waals surface area (Å²) in [6.45, 7) is 0. The Labute approximate surface area is 203 Å². The first-order valence-electron chi connectivity index (χ1n) is 10.4. The zero-order chi connectivity index (χ0) is 24.4. The summed E-state index contributed by atoms with van der Waals surface area (Å²) in [6, 6.07) is 16.6. The quantitative estimate of drug-likeness (QED) is 0.334. The van der Waals surface area contributed by atoms with Crippen molar-refractivity contribution in [3.63, 3.8) is 0 Å². The molecule has 1 fully saturated rings. The Morgan fingerprint density at radius 1 is 1.00 bits per heavy atom. The van der Waals surface area contributed by atoms with E-state index >= 15 is 0 Å². The van der Waals surface area contributed by atoms with E-state index in [1.54, 1.807) is 24.3 Å². The molecule has 0 bridgehead atoms. The van der Waals surface area contributed by atoms with Gasteiger partial charge in [0.1, 0.15) is 17.1 Å². The van der Waals surface area contributed by atoms with E-state index in [0.29, 0.717) is 22.9 Å². The molecule has 2 aromatic carbocycles. The van der Waals surface area contributed by atoms with Gasteiger partial charge in [0.2, 0.25) is 0 Å². The standard InChI is InChI=1S/C25H24N4O4S/c1-27(2)16-7-9-17(10-8-16)28-13-5-6-18(28)14-20-23(30)26-25(34)29(24(20)31)21-12-11-19(32-3)15-22(21)33-4/h5-15H,1-4H3,(H,26,30,34)/b20-14+. The zero-order valence-electron chi connectivity index (χ0n) is 19.2. The lowest BCUT2D eigenvalue weighted by Crippen LogP contribution is -2.54. The number of amides is 2. The fourth-order valence-corrected chi connectivity index (χ4v) is 3.93. The molecular weight excluding hydrogens is 452 g/mol. The molecule has 1 aliphatic rings. The number of methoxy groups -OCH3 is 2. The minimum absolute atomic E-state index is 0.0229. The Kier molecular flexibility index (Phi) is 6.38. The van der Waals surface area contributed by atoms with Gasteiger partial charge in [0, 0.05) is 43.4 Å². The second kappa shape index (κ2) is 9.40. The van der Waals surface area contributed by atoms with Gasteiger partial charge in [-0.05, 0) is 66.8 Å². The Morgan fingerprint density at radius 2 is 1.74 bits per heavy atom. The van der Waals surface area contributed by atoms with Crippen molar-refractivity contribution in [2.24, 2.45) is 0 Å². The molecule has 2 amide bonds. The van der Waals surface area contributed by atoms with Gasteiger partial charge in [-0.1, -0.05) is 0 Å². The molecule has 9 heteroatoms. The first-order valence-corrected chi connectivity index (χ1v) is 10.8. The third-order valence-corrected chi connectivity index (χ3v) is 5.73. The van der Waals surface area contributed by atoms with Gasteiger partial charge in [-0.15, -0.1) is 0 Å². The summed E-state index contributed by atoms with van der Waals surface area (Å²) in [6.07, 6.45) is 3.43. The lowest BCUT2D eigenvalue weighted by atomic mass is 10.1. The topological polar surface area (TPSA) is 76.0 Å². The lowest BCUT2D eigenvalue weighted by molar-refractivity contribution is -0.122. The lowest BCUT2D eigenvalue weighted by Gasteiger charge is -2.30. The van der Waals surface area contributed by atoms with Gasteiger partial charge < -0.3 is 18.9 Å². The number of hydrogen-bond acceptors (Lipinski definition) is 6. The van der Waals surface area contributed by atoms with Crippen LogP contribution in [-0.4, -0.2) is 49.8 Å². The van der Waals surface area contributed by atoms with Crippen LogP contribution in [0.3, 0.4) is 0 Å². The fraction of sp³-hybridized carbons (Fsp3) is 0.160. The number of hydrogen-bond donors (Lipinski definition) is 1. The number of carbonyl (C=O) groups is 2. The van der Waals surface area contributed by atoms with Crippen LogP contribution in [0.25, 0.3) is 11.8 Å². The number of aromatic nitrogens is 1.